The van der Waals surface area contributed by atoms with Gasteiger partial charge in [-0.15, -0.1) is 0 Å². The number of ether oxygens (including phenoxy) is 2. The van der Waals surface area contributed by atoms with Crippen LogP contribution in [0.15, 0.2) is 174 Å². The lowest BCUT2D eigenvalue weighted by Gasteiger charge is -2.35. The van der Waals surface area contributed by atoms with Crippen LogP contribution in [0.3, 0.4) is 0 Å². The summed E-state index contributed by atoms with van der Waals surface area (Å²) in [7, 11) is 1.31. The number of nitrogens with zero attached hydrogens (tertiary/aromatic N) is 1. The van der Waals surface area contributed by atoms with Crippen LogP contribution >= 0.6 is 24.1 Å². The van der Waals surface area contributed by atoms with E-state index in [4.69, 9.17) is 9.47 Å². The summed E-state index contributed by atoms with van der Waals surface area (Å²) in [5.74, 6) is 3.60. The molecule has 0 spiro atoms. The van der Waals surface area contributed by atoms with Gasteiger partial charge in [0.2, 0.25) is 0 Å². The minimum Gasteiger partial charge on any atom is -0.481 e. The standard InChI is InChI=1S/C44H48BrNO2.C13H9P/c1-42(2,3)33-25-17-19-27-35(33)46-34-26-18-16-24-31(34)32-28-36(47-40(43(4,5)6)29-20-12-10-13-21-29)39(37(45)38(32)46)48-41(44(7,8)9)30-22-14-11-15-23-30;1-2-5-11-10(4-1)7-8-13-12(11)6-3-9-14-13/h10-28,40-41H,1-9H3;1-9H. The molecule has 7 aromatic carbocycles. The highest BCUT2D eigenvalue weighted by molar-refractivity contribution is 9.10. The lowest BCUT2D eigenvalue weighted by Crippen LogP contribution is -2.26. The van der Waals surface area contributed by atoms with Crippen molar-refractivity contribution in [2.24, 2.45) is 10.8 Å². The van der Waals surface area contributed by atoms with Gasteiger partial charge in [-0.1, -0.05) is 210 Å². The van der Waals surface area contributed by atoms with Gasteiger partial charge in [-0.2, -0.15) is 0 Å². The van der Waals surface area contributed by atoms with Crippen LogP contribution in [0.2, 0.25) is 0 Å². The van der Waals surface area contributed by atoms with Gasteiger partial charge in [0.25, 0.3) is 0 Å². The molecular weight excluding hydrogens is 842 g/mol. The Kier molecular flexibility index (Phi) is 12.1. The van der Waals surface area contributed by atoms with Crippen molar-refractivity contribution in [1.29, 1.82) is 0 Å². The number of hydrogen-bond acceptors (Lipinski definition) is 2. The van der Waals surface area contributed by atoms with E-state index in [2.05, 4.69) is 252 Å². The molecule has 9 aromatic rings. The minimum absolute atomic E-state index is 0.0661. The van der Waals surface area contributed by atoms with Crippen molar-refractivity contribution >= 4 is 67.2 Å². The fourth-order valence-electron chi connectivity index (χ4n) is 8.61. The van der Waals surface area contributed by atoms with Crippen LogP contribution in [0.4, 0.5) is 0 Å². The Bertz CT molecular complexity index is 2930. The summed E-state index contributed by atoms with van der Waals surface area (Å²) < 4.78 is 17.8. The van der Waals surface area contributed by atoms with Crippen molar-refractivity contribution in [3.8, 4) is 17.2 Å². The molecule has 62 heavy (non-hydrogen) atoms. The molecule has 0 N–H and O–H groups in total. The van der Waals surface area contributed by atoms with Crippen LogP contribution in [0, 0.1) is 10.8 Å². The van der Waals surface area contributed by atoms with Gasteiger partial charge in [0.15, 0.2) is 11.5 Å². The fourth-order valence-corrected chi connectivity index (χ4v) is 10.1. The van der Waals surface area contributed by atoms with E-state index in [0.29, 0.717) is 5.75 Å². The molecule has 0 bridgehead atoms. The highest BCUT2D eigenvalue weighted by Gasteiger charge is 2.35. The molecule has 2 heterocycles. The van der Waals surface area contributed by atoms with Gasteiger partial charge in [-0.25, -0.2) is 0 Å². The summed E-state index contributed by atoms with van der Waals surface area (Å²) in [5, 5.41) is 7.75. The number of halogens is 1. The molecule has 0 amide bonds. The number of aromatic nitrogens is 1. The van der Waals surface area contributed by atoms with Crippen molar-refractivity contribution < 1.29 is 9.47 Å². The number of fused-ring (bicyclic) bond motifs is 6. The van der Waals surface area contributed by atoms with Gasteiger partial charge >= 0.3 is 0 Å². The summed E-state index contributed by atoms with van der Waals surface area (Å²) in [6.07, 6.45) is -0.454. The first-order valence-corrected chi connectivity index (χ1v) is 23.4. The van der Waals surface area contributed by atoms with E-state index < -0.39 is 0 Å². The summed E-state index contributed by atoms with van der Waals surface area (Å²) in [5.41, 5.74) is 6.41. The van der Waals surface area contributed by atoms with Crippen molar-refractivity contribution in [3.05, 3.63) is 191 Å². The van der Waals surface area contributed by atoms with Gasteiger partial charge < -0.3 is 14.0 Å². The third-order valence-electron chi connectivity index (χ3n) is 11.5. The first-order valence-electron chi connectivity index (χ1n) is 21.6. The number of hydrogen-bond donors (Lipinski definition) is 0. The van der Waals surface area contributed by atoms with E-state index in [-0.39, 0.29) is 28.5 Å². The normalized spacial score (nSPS) is 13.3. The zero-order valence-corrected chi connectivity index (χ0v) is 39.9. The first-order chi connectivity index (χ1) is 29.6. The molecule has 0 saturated heterocycles. The molecule has 5 heteroatoms. The van der Waals surface area contributed by atoms with E-state index in [1.165, 1.54) is 35.0 Å². The largest absolute Gasteiger partial charge is 0.481 e. The maximum atomic E-state index is 7.28. The smallest absolute Gasteiger partial charge is 0.178 e. The summed E-state index contributed by atoms with van der Waals surface area (Å²) >= 11 is 4.17. The SMILES string of the molecule is CC(C)(C)c1ccccc1-n1c2ccccc2c2cc(OC(c3ccccc3)C(C)(C)C)c(OC(c3ccccc3)C(C)(C)C)c(Br)c21.c1ccc2c(c1)ccc1pcccc12. The molecule has 0 aliphatic heterocycles. The maximum Gasteiger partial charge on any atom is 0.178 e. The molecule has 3 nitrogen and oxygen atoms in total. The molecule has 0 fully saturated rings. The van der Waals surface area contributed by atoms with Crippen LogP contribution in [-0.4, -0.2) is 4.57 Å². The second kappa shape index (κ2) is 17.4. The number of para-hydroxylation sites is 2. The predicted octanol–water partition coefficient (Wildman–Crippen LogP) is 17.7. The van der Waals surface area contributed by atoms with Crippen molar-refractivity contribution in [1.82, 2.24) is 4.57 Å². The molecule has 0 aliphatic carbocycles. The van der Waals surface area contributed by atoms with Crippen LogP contribution in [0.25, 0.3) is 48.8 Å². The monoisotopic (exact) mass is 897 g/mol. The van der Waals surface area contributed by atoms with Crippen LogP contribution in [0.5, 0.6) is 11.5 Å². The van der Waals surface area contributed by atoms with Crippen LogP contribution < -0.4 is 9.47 Å². The van der Waals surface area contributed by atoms with Gasteiger partial charge in [0.1, 0.15) is 12.2 Å². The molecule has 9 rings (SSSR count). The maximum absolute atomic E-state index is 7.28. The Hall–Kier alpha value is -5.41. The molecule has 0 saturated carbocycles. The second-order valence-corrected chi connectivity index (χ2v) is 21.3. The lowest BCUT2D eigenvalue weighted by atomic mass is 9.84. The Labute approximate surface area is 378 Å². The molecular formula is C57H57BrNO2P. The summed E-state index contributed by atoms with van der Waals surface area (Å²) in [6, 6.07) is 58.0. The Morgan fingerprint density at radius 2 is 1.06 bits per heavy atom. The molecule has 2 unspecified atom stereocenters. The zero-order valence-electron chi connectivity index (χ0n) is 37.4. The molecule has 314 valence electrons. The minimum atomic E-state index is -0.237. The fraction of sp³-hybridized carbons (Fsp3) is 0.246. The van der Waals surface area contributed by atoms with Gasteiger partial charge in [-0.05, 0) is 84.3 Å². The van der Waals surface area contributed by atoms with Crippen LogP contribution in [-0.2, 0) is 5.41 Å². The van der Waals surface area contributed by atoms with Crippen molar-refractivity contribution in [3.63, 3.8) is 0 Å². The van der Waals surface area contributed by atoms with E-state index in [0.717, 1.165) is 48.8 Å². The average Bonchev–Trinajstić information content (AvgIpc) is 3.59. The molecule has 2 aromatic heterocycles. The van der Waals surface area contributed by atoms with E-state index >= 15 is 0 Å². The molecule has 2 atom stereocenters. The van der Waals surface area contributed by atoms with Crippen molar-refractivity contribution in [2.75, 3.05) is 0 Å². The molecule has 0 aliphatic rings. The van der Waals surface area contributed by atoms with Crippen LogP contribution in [0.1, 0.15) is 91.2 Å². The Balaban J connectivity index is 0.000000316. The first kappa shape index (κ1) is 43.2. The highest BCUT2D eigenvalue weighted by atomic mass is 79.9. The molecule has 0 radical (unpaired) electrons. The number of benzene rings is 7. The quantitative estimate of drug-likeness (QED) is 0.149. The topological polar surface area (TPSA) is 23.4 Å². The van der Waals surface area contributed by atoms with Gasteiger partial charge in [0.05, 0.1) is 15.5 Å². The summed E-state index contributed by atoms with van der Waals surface area (Å²) in [4.78, 5) is 0. The zero-order chi connectivity index (χ0) is 43.8. The summed E-state index contributed by atoms with van der Waals surface area (Å²) in [6.45, 7) is 20.2. The lowest BCUT2D eigenvalue weighted by molar-refractivity contribution is 0.0606. The van der Waals surface area contributed by atoms with Gasteiger partial charge in [-0.3, -0.25) is 0 Å². The predicted molar refractivity (Wildman–Crippen MR) is 270 cm³/mol. The third-order valence-corrected chi connectivity index (χ3v) is 13.3. The third kappa shape index (κ3) is 8.78. The van der Waals surface area contributed by atoms with E-state index in [9.17, 15) is 0 Å². The number of rotatable bonds is 7. The van der Waals surface area contributed by atoms with E-state index in [1.807, 2.05) is 0 Å². The van der Waals surface area contributed by atoms with E-state index in [1.54, 1.807) is 0 Å². The second-order valence-electron chi connectivity index (χ2n) is 19.4. The Morgan fingerprint density at radius 3 is 1.71 bits per heavy atom. The van der Waals surface area contributed by atoms with Gasteiger partial charge in [0, 0.05) is 32.4 Å². The average molecular weight is 899 g/mol. The highest BCUT2D eigenvalue weighted by Crippen LogP contribution is 2.52. The Morgan fingerprint density at radius 1 is 0.516 bits per heavy atom. The van der Waals surface area contributed by atoms with Crippen molar-refractivity contribution in [2.45, 2.75) is 79.9 Å².